The number of nitrogens with zero attached hydrogens (tertiary/aromatic N) is 2. The van der Waals surface area contributed by atoms with Gasteiger partial charge in [0.25, 0.3) is 5.91 Å². The summed E-state index contributed by atoms with van der Waals surface area (Å²) < 4.78 is 17.4. The van der Waals surface area contributed by atoms with Gasteiger partial charge in [-0.1, -0.05) is 12.1 Å². The molecule has 0 aliphatic heterocycles. The van der Waals surface area contributed by atoms with Crippen LogP contribution < -0.4 is 19.5 Å². The molecule has 7 nitrogen and oxygen atoms in total. The van der Waals surface area contributed by atoms with Crippen LogP contribution in [0.5, 0.6) is 17.2 Å². The summed E-state index contributed by atoms with van der Waals surface area (Å²) in [4.78, 5) is 12.6. The van der Waals surface area contributed by atoms with Crippen LogP contribution in [0.1, 0.15) is 10.5 Å². The van der Waals surface area contributed by atoms with E-state index < -0.39 is 0 Å². The minimum Gasteiger partial charge on any atom is -0.497 e. The highest BCUT2D eigenvalue weighted by molar-refractivity contribution is 6.03. The molecule has 1 amide bonds. The van der Waals surface area contributed by atoms with Gasteiger partial charge in [-0.05, 0) is 30.3 Å². The number of carbonyl (C=O) groups excluding carboxylic acids is 1. The number of anilines is 1. The van der Waals surface area contributed by atoms with Crippen molar-refractivity contribution in [2.24, 2.45) is 7.05 Å². The Bertz CT molecular complexity index is 966. The molecule has 1 heterocycles. The Morgan fingerprint density at radius 2 is 1.74 bits per heavy atom. The zero-order valence-corrected chi connectivity index (χ0v) is 15.6. The van der Waals surface area contributed by atoms with E-state index in [1.54, 1.807) is 57.3 Å². The lowest BCUT2D eigenvalue weighted by Gasteiger charge is -2.09. The number of amides is 1. The molecule has 1 N–H and O–H groups in total. The van der Waals surface area contributed by atoms with Crippen LogP contribution in [0.2, 0.25) is 0 Å². The third-order valence-electron chi connectivity index (χ3n) is 4.12. The molecular weight excluding hydrogens is 346 g/mol. The number of aryl methyl sites for hydroxylation is 1. The first-order valence-corrected chi connectivity index (χ1v) is 8.27. The monoisotopic (exact) mass is 367 g/mol. The third-order valence-corrected chi connectivity index (χ3v) is 4.12. The quantitative estimate of drug-likeness (QED) is 0.723. The van der Waals surface area contributed by atoms with Gasteiger partial charge in [0.05, 0.1) is 27.0 Å². The summed E-state index contributed by atoms with van der Waals surface area (Å²) in [5.41, 5.74) is 2.62. The number of hydrogen-bond acceptors (Lipinski definition) is 5. The third kappa shape index (κ3) is 3.87. The average molecular weight is 367 g/mol. The van der Waals surface area contributed by atoms with E-state index in [-0.39, 0.29) is 5.91 Å². The Labute approximate surface area is 157 Å². The highest BCUT2D eigenvalue weighted by Gasteiger charge is 2.15. The maximum atomic E-state index is 12.6. The highest BCUT2D eigenvalue weighted by atomic mass is 16.5. The summed E-state index contributed by atoms with van der Waals surface area (Å²) >= 11 is 0. The van der Waals surface area contributed by atoms with Crippen LogP contribution in [0.3, 0.4) is 0 Å². The molecule has 0 aliphatic carbocycles. The Kier molecular flexibility index (Phi) is 5.30. The lowest BCUT2D eigenvalue weighted by molar-refractivity contribution is 0.102. The van der Waals surface area contributed by atoms with Crippen LogP contribution in [0.15, 0.2) is 48.5 Å². The van der Waals surface area contributed by atoms with Crippen molar-refractivity contribution in [1.29, 1.82) is 0 Å². The molecule has 0 saturated carbocycles. The first-order chi connectivity index (χ1) is 13.0. The Balaban J connectivity index is 1.84. The molecule has 0 spiro atoms. The number of carbonyl (C=O) groups is 1. The van der Waals surface area contributed by atoms with Crippen molar-refractivity contribution in [2.45, 2.75) is 0 Å². The van der Waals surface area contributed by atoms with Gasteiger partial charge in [0, 0.05) is 24.4 Å². The van der Waals surface area contributed by atoms with Gasteiger partial charge in [0.2, 0.25) is 0 Å². The van der Waals surface area contributed by atoms with Crippen LogP contribution in [0.4, 0.5) is 5.69 Å². The maximum Gasteiger partial charge on any atom is 0.276 e. The molecule has 27 heavy (non-hydrogen) atoms. The molecule has 140 valence electrons. The molecule has 7 heteroatoms. The van der Waals surface area contributed by atoms with E-state index in [1.165, 1.54) is 0 Å². The van der Waals surface area contributed by atoms with Gasteiger partial charge in [-0.3, -0.25) is 9.48 Å². The zero-order chi connectivity index (χ0) is 19.4. The van der Waals surface area contributed by atoms with Crippen molar-refractivity contribution >= 4 is 11.6 Å². The van der Waals surface area contributed by atoms with Crippen LogP contribution in [-0.4, -0.2) is 37.0 Å². The molecule has 0 unspecified atom stereocenters. The van der Waals surface area contributed by atoms with Crippen LogP contribution in [-0.2, 0) is 7.05 Å². The Hall–Kier alpha value is -3.48. The molecule has 0 saturated heterocycles. The highest BCUT2D eigenvalue weighted by Crippen LogP contribution is 2.30. The van der Waals surface area contributed by atoms with Crippen molar-refractivity contribution in [1.82, 2.24) is 9.78 Å². The summed E-state index contributed by atoms with van der Waals surface area (Å²) in [6, 6.07) is 14.5. The topological polar surface area (TPSA) is 74.6 Å². The van der Waals surface area contributed by atoms with Crippen LogP contribution in [0.25, 0.3) is 11.3 Å². The number of aromatic nitrogens is 2. The molecule has 0 atom stereocenters. The fourth-order valence-corrected chi connectivity index (χ4v) is 2.74. The van der Waals surface area contributed by atoms with E-state index in [0.717, 1.165) is 17.0 Å². The SMILES string of the molecule is COc1cccc(-c2cc(C(=O)Nc3ccc(OC)c(OC)c3)nn2C)c1. The Morgan fingerprint density at radius 3 is 2.44 bits per heavy atom. The van der Waals surface area contributed by atoms with Gasteiger partial charge in [-0.2, -0.15) is 5.10 Å². The summed E-state index contributed by atoms with van der Waals surface area (Å²) in [6.45, 7) is 0. The van der Waals surface area contributed by atoms with Gasteiger partial charge >= 0.3 is 0 Å². The van der Waals surface area contributed by atoms with Gasteiger partial charge in [-0.15, -0.1) is 0 Å². The van der Waals surface area contributed by atoms with Crippen molar-refractivity contribution < 1.29 is 19.0 Å². The van der Waals surface area contributed by atoms with Gasteiger partial charge in [0.1, 0.15) is 5.75 Å². The molecule has 1 aromatic heterocycles. The first-order valence-electron chi connectivity index (χ1n) is 8.27. The summed E-state index contributed by atoms with van der Waals surface area (Å²) in [5, 5.41) is 7.15. The predicted molar refractivity (Wildman–Crippen MR) is 103 cm³/mol. The van der Waals surface area contributed by atoms with Crippen molar-refractivity contribution in [3.63, 3.8) is 0 Å². The standard InChI is InChI=1S/C20H21N3O4/c1-23-17(13-6-5-7-15(10-13)25-2)12-16(22-23)20(24)21-14-8-9-18(26-3)19(11-14)27-4/h5-12H,1-4H3,(H,21,24). The number of hydrogen-bond donors (Lipinski definition) is 1. The molecular formula is C20H21N3O4. The molecule has 3 aromatic rings. The molecule has 0 fully saturated rings. The Morgan fingerprint density at radius 1 is 0.963 bits per heavy atom. The number of methoxy groups -OCH3 is 3. The smallest absolute Gasteiger partial charge is 0.276 e. The van der Waals surface area contributed by atoms with E-state index in [9.17, 15) is 4.79 Å². The first kappa shape index (κ1) is 18.3. The number of rotatable bonds is 6. The number of ether oxygens (including phenoxy) is 3. The second-order valence-electron chi connectivity index (χ2n) is 5.79. The molecule has 0 aliphatic rings. The van der Waals surface area contributed by atoms with Gasteiger partial charge < -0.3 is 19.5 Å². The summed E-state index contributed by atoms with van der Waals surface area (Å²) in [6.07, 6.45) is 0. The molecule has 3 rings (SSSR count). The minimum atomic E-state index is -0.313. The lowest BCUT2D eigenvalue weighted by atomic mass is 10.1. The number of nitrogens with one attached hydrogen (secondary N) is 1. The lowest BCUT2D eigenvalue weighted by Crippen LogP contribution is -2.13. The molecule has 0 bridgehead atoms. The second kappa shape index (κ2) is 7.82. The fourth-order valence-electron chi connectivity index (χ4n) is 2.74. The van der Waals surface area contributed by atoms with Crippen LogP contribution >= 0.6 is 0 Å². The molecule has 0 radical (unpaired) electrons. The molecule has 2 aromatic carbocycles. The summed E-state index contributed by atoms with van der Waals surface area (Å²) in [5.74, 6) is 1.55. The van der Waals surface area contributed by atoms with Crippen LogP contribution in [0, 0.1) is 0 Å². The van der Waals surface area contributed by atoms with Crippen molar-refractivity contribution in [2.75, 3.05) is 26.6 Å². The largest absolute Gasteiger partial charge is 0.497 e. The zero-order valence-electron chi connectivity index (χ0n) is 15.6. The van der Waals surface area contributed by atoms with E-state index in [4.69, 9.17) is 14.2 Å². The van der Waals surface area contributed by atoms with Gasteiger partial charge in [-0.25, -0.2) is 0 Å². The fraction of sp³-hybridized carbons (Fsp3) is 0.200. The van der Waals surface area contributed by atoms with E-state index in [2.05, 4.69) is 10.4 Å². The predicted octanol–water partition coefficient (Wildman–Crippen LogP) is 3.37. The van der Waals surface area contributed by atoms with Crippen molar-refractivity contribution in [3.8, 4) is 28.5 Å². The van der Waals surface area contributed by atoms with E-state index in [1.807, 2.05) is 24.3 Å². The average Bonchev–Trinajstić information content (AvgIpc) is 3.09. The maximum absolute atomic E-state index is 12.6. The van der Waals surface area contributed by atoms with Gasteiger partial charge in [0.15, 0.2) is 17.2 Å². The number of benzene rings is 2. The van der Waals surface area contributed by atoms with E-state index >= 15 is 0 Å². The summed E-state index contributed by atoms with van der Waals surface area (Å²) in [7, 11) is 6.51. The minimum absolute atomic E-state index is 0.310. The van der Waals surface area contributed by atoms with E-state index in [0.29, 0.717) is 22.9 Å². The van der Waals surface area contributed by atoms with Crippen molar-refractivity contribution in [3.05, 3.63) is 54.2 Å². The second-order valence-corrected chi connectivity index (χ2v) is 5.79. The normalized spacial score (nSPS) is 10.4.